The number of hydrogen-bond acceptors (Lipinski definition) is 4. The van der Waals surface area contributed by atoms with E-state index in [1.165, 1.54) is 295 Å². The van der Waals surface area contributed by atoms with E-state index in [2.05, 4.69) is 26.0 Å². The first kappa shape index (κ1) is 62.1. The smallest absolute Gasteiger partial charge is 0.306 e. The summed E-state index contributed by atoms with van der Waals surface area (Å²) < 4.78 is 11.3. The van der Waals surface area contributed by atoms with Crippen LogP contribution in [0.25, 0.3) is 0 Å². The van der Waals surface area contributed by atoms with E-state index >= 15 is 0 Å². The van der Waals surface area contributed by atoms with Gasteiger partial charge in [-0.05, 0) is 38.5 Å². The minimum absolute atomic E-state index is 0.164. The Morgan fingerprint density at radius 1 is 0.365 bits per heavy atom. The van der Waals surface area contributed by atoms with Crippen LogP contribution in [0, 0.1) is 0 Å². The molecule has 0 spiro atoms. The van der Waals surface area contributed by atoms with Crippen LogP contribution in [0.4, 0.5) is 0 Å². The Morgan fingerprint density at radius 3 is 0.905 bits per heavy atom. The molecule has 4 heteroatoms. The predicted octanol–water partition coefficient (Wildman–Crippen LogP) is 20.0. The molecule has 0 aromatic carbocycles. The third kappa shape index (κ3) is 55.4. The lowest BCUT2D eigenvalue weighted by molar-refractivity contribution is -0.154. The molecule has 0 aromatic rings. The maximum Gasteiger partial charge on any atom is 0.306 e. The van der Waals surface area contributed by atoms with Crippen LogP contribution in [-0.2, 0) is 14.3 Å². The van der Waals surface area contributed by atoms with E-state index in [1.807, 2.05) is 0 Å². The number of carbonyl (C=O) groups excluding carboxylic acids is 1. The van der Waals surface area contributed by atoms with Crippen molar-refractivity contribution in [3.8, 4) is 0 Å². The molecule has 0 aliphatic heterocycles. The van der Waals surface area contributed by atoms with Gasteiger partial charge in [-0.3, -0.25) is 4.79 Å². The summed E-state index contributed by atoms with van der Waals surface area (Å²) in [6, 6.07) is 0. The standard InChI is InChI=1S/C59H116O4/c1-3-5-7-9-11-13-15-17-19-21-23-25-27-29-31-33-35-37-39-41-43-45-47-49-51-53-55-62-57-58(56-60)63-59(61)54-52-50-48-46-44-42-40-38-36-34-32-30-28-26-24-22-20-18-16-14-12-10-8-6-4-2/h22,24,58,60H,3-21,23,25-57H2,1-2H3/b24-22-. The van der Waals surface area contributed by atoms with E-state index in [0.29, 0.717) is 19.6 Å². The fourth-order valence-electron chi connectivity index (χ4n) is 9.21. The molecule has 0 amide bonds. The lowest BCUT2D eigenvalue weighted by atomic mass is 10.0. The van der Waals surface area contributed by atoms with Gasteiger partial charge in [-0.25, -0.2) is 0 Å². The van der Waals surface area contributed by atoms with Crippen molar-refractivity contribution in [1.29, 1.82) is 0 Å². The molecule has 1 atom stereocenters. The highest BCUT2D eigenvalue weighted by Gasteiger charge is 2.13. The maximum atomic E-state index is 12.3. The van der Waals surface area contributed by atoms with Gasteiger partial charge < -0.3 is 14.6 Å². The molecule has 4 nitrogen and oxygen atoms in total. The summed E-state index contributed by atoms with van der Waals surface area (Å²) in [5, 5.41) is 9.68. The van der Waals surface area contributed by atoms with Gasteiger partial charge in [0.15, 0.2) is 0 Å². The zero-order valence-corrected chi connectivity index (χ0v) is 43.4. The second-order valence-corrected chi connectivity index (χ2v) is 20.1. The first-order valence-electron chi connectivity index (χ1n) is 29.3. The summed E-state index contributed by atoms with van der Waals surface area (Å²) in [6.07, 6.45) is 72.0. The predicted molar refractivity (Wildman–Crippen MR) is 279 cm³/mol. The fraction of sp³-hybridized carbons (Fsp3) is 0.949. The average molecular weight is 890 g/mol. The Labute approximate surface area is 396 Å². The van der Waals surface area contributed by atoms with Crippen molar-refractivity contribution in [1.82, 2.24) is 0 Å². The highest BCUT2D eigenvalue weighted by molar-refractivity contribution is 5.69. The van der Waals surface area contributed by atoms with Gasteiger partial charge in [0.1, 0.15) is 6.10 Å². The number of allylic oxidation sites excluding steroid dienone is 2. The van der Waals surface area contributed by atoms with Crippen LogP contribution in [0.15, 0.2) is 12.2 Å². The van der Waals surface area contributed by atoms with E-state index in [0.717, 1.165) is 19.3 Å². The zero-order chi connectivity index (χ0) is 45.5. The SMILES string of the molecule is CCCCCCCCCC/C=C\CCCCCCCCCCCCCCCC(=O)OC(CO)COCCCCCCCCCCCCCCCCCCCCCCCCCCCC. The number of carbonyl (C=O) groups is 1. The van der Waals surface area contributed by atoms with Crippen LogP contribution in [0.3, 0.4) is 0 Å². The summed E-state index contributed by atoms with van der Waals surface area (Å²) in [4.78, 5) is 12.3. The molecule has 0 aliphatic rings. The number of aliphatic hydroxyl groups excluding tert-OH is 1. The van der Waals surface area contributed by atoms with E-state index in [4.69, 9.17) is 9.47 Å². The minimum atomic E-state index is -0.530. The Bertz CT molecular complexity index is 856. The van der Waals surface area contributed by atoms with Gasteiger partial charge in [-0.1, -0.05) is 302 Å². The molecule has 0 bridgehead atoms. The van der Waals surface area contributed by atoms with Gasteiger partial charge in [0.25, 0.3) is 0 Å². The first-order chi connectivity index (χ1) is 31.2. The average Bonchev–Trinajstić information content (AvgIpc) is 3.29. The fourth-order valence-corrected chi connectivity index (χ4v) is 9.21. The molecule has 0 saturated heterocycles. The number of hydrogen-bond donors (Lipinski definition) is 1. The lowest BCUT2D eigenvalue weighted by Gasteiger charge is -2.16. The van der Waals surface area contributed by atoms with Crippen LogP contribution >= 0.6 is 0 Å². The quantitative estimate of drug-likeness (QED) is 0.0376. The molecule has 1 unspecified atom stereocenters. The Morgan fingerprint density at radius 2 is 0.619 bits per heavy atom. The third-order valence-electron chi connectivity index (χ3n) is 13.6. The molecule has 0 saturated carbocycles. The van der Waals surface area contributed by atoms with Crippen molar-refractivity contribution in [2.75, 3.05) is 19.8 Å². The number of esters is 1. The van der Waals surface area contributed by atoms with Gasteiger partial charge in [-0.2, -0.15) is 0 Å². The van der Waals surface area contributed by atoms with E-state index < -0.39 is 6.10 Å². The highest BCUT2D eigenvalue weighted by atomic mass is 16.6. The van der Waals surface area contributed by atoms with Crippen molar-refractivity contribution in [2.24, 2.45) is 0 Å². The van der Waals surface area contributed by atoms with Crippen molar-refractivity contribution < 1.29 is 19.4 Å². The second kappa shape index (κ2) is 57.3. The van der Waals surface area contributed by atoms with Crippen molar-refractivity contribution >= 4 is 5.97 Å². The first-order valence-corrected chi connectivity index (χ1v) is 29.3. The van der Waals surface area contributed by atoms with Crippen LogP contribution in [-0.4, -0.2) is 37.0 Å². The minimum Gasteiger partial charge on any atom is -0.457 e. The van der Waals surface area contributed by atoms with Crippen LogP contribution in [0.2, 0.25) is 0 Å². The molecule has 63 heavy (non-hydrogen) atoms. The Balaban J connectivity index is 3.32. The third-order valence-corrected chi connectivity index (χ3v) is 13.6. The molecule has 0 aromatic heterocycles. The monoisotopic (exact) mass is 889 g/mol. The molecule has 376 valence electrons. The molecular formula is C59H116O4. The zero-order valence-electron chi connectivity index (χ0n) is 43.4. The van der Waals surface area contributed by atoms with E-state index in [9.17, 15) is 9.90 Å². The Kier molecular flexibility index (Phi) is 56.5. The molecule has 0 fully saturated rings. The number of rotatable bonds is 56. The van der Waals surface area contributed by atoms with Crippen LogP contribution in [0.5, 0.6) is 0 Å². The van der Waals surface area contributed by atoms with E-state index in [1.54, 1.807) is 0 Å². The van der Waals surface area contributed by atoms with Crippen molar-refractivity contribution in [2.45, 2.75) is 341 Å². The largest absolute Gasteiger partial charge is 0.457 e. The molecule has 0 aliphatic carbocycles. The lowest BCUT2D eigenvalue weighted by Crippen LogP contribution is -2.27. The van der Waals surface area contributed by atoms with Crippen LogP contribution in [0.1, 0.15) is 335 Å². The van der Waals surface area contributed by atoms with Gasteiger partial charge in [-0.15, -0.1) is 0 Å². The van der Waals surface area contributed by atoms with Crippen LogP contribution < -0.4 is 0 Å². The van der Waals surface area contributed by atoms with Gasteiger partial charge in [0.05, 0.1) is 13.2 Å². The molecular weight excluding hydrogens is 773 g/mol. The second-order valence-electron chi connectivity index (χ2n) is 20.1. The van der Waals surface area contributed by atoms with Gasteiger partial charge in [0, 0.05) is 13.0 Å². The number of ether oxygens (including phenoxy) is 2. The van der Waals surface area contributed by atoms with Crippen molar-refractivity contribution in [3.63, 3.8) is 0 Å². The van der Waals surface area contributed by atoms with E-state index in [-0.39, 0.29) is 12.6 Å². The topological polar surface area (TPSA) is 55.8 Å². The molecule has 0 radical (unpaired) electrons. The number of aliphatic hydroxyl groups is 1. The maximum absolute atomic E-state index is 12.3. The molecule has 1 N–H and O–H groups in total. The molecule has 0 rings (SSSR count). The highest BCUT2D eigenvalue weighted by Crippen LogP contribution is 2.18. The summed E-state index contributed by atoms with van der Waals surface area (Å²) in [5.41, 5.74) is 0. The normalized spacial score (nSPS) is 12.2. The number of unbranched alkanes of at least 4 members (excludes halogenated alkanes) is 46. The summed E-state index contributed by atoms with van der Waals surface area (Å²) in [7, 11) is 0. The van der Waals surface area contributed by atoms with Gasteiger partial charge in [0.2, 0.25) is 0 Å². The summed E-state index contributed by atoms with van der Waals surface area (Å²) >= 11 is 0. The summed E-state index contributed by atoms with van der Waals surface area (Å²) in [6.45, 7) is 5.42. The van der Waals surface area contributed by atoms with Crippen molar-refractivity contribution in [3.05, 3.63) is 12.2 Å². The Hall–Kier alpha value is -0.870. The summed E-state index contributed by atoms with van der Waals surface area (Å²) in [5.74, 6) is -0.191. The molecule has 0 heterocycles. The van der Waals surface area contributed by atoms with Gasteiger partial charge >= 0.3 is 5.97 Å².